The van der Waals surface area contributed by atoms with Crippen LogP contribution in [0.15, 0.2) is 72.4 Å². The molecule has 5 nitrogen and oxygen atoms in total. The maximum absolute atomic E-state index is 13.7. The van der Waals surface area contributed by atoms with Crippen molar-refractivity contribution in [2.45, 2.75) is 34.6 Å². The van der Waals surface area contributed by atoms with Gasteiger partial charge in [-0.25, -0.2) is 4.90 Å². The van der Waals surface area contributed by atoms with E-state index in [2.05, 4.69) is 24.1 Å². The quantitative estimate of drug-likeness (QED) is 0.456. The molecule has 5 heteroatoms. The van der Waals surface area contributed by atoms with Crippen LogP contribution in [-0.4, -0.2) is 24.9 Å². The Bertz CT molecular complexity index is 1250. The molecule has 1 aliphatic rings. The highest BCUT2D eigenvalue weighted by Crippen LogP contribution is 2.35. The number of rotatable bonds is 7. The van der Waals surface area contributed by atoms with Gasteiger partial charge in [0.1, 0.15) is 5.70 Å². The van der Waals surface area contributed by atoms with Crippen molar-refractivity contribution in [1.82, 2.24) is 0 Å². The van der Waals surface area contributed by atoms with Gasteiger partial charge in [-0.2, -0.15) is 0 Å². The average Bonchev–Trinajstić information content (AvgIpc) is 3.07. The molecule has 1 aliphatic heterocycles. The minimum absolute atomic E-state index is 0.301. The number of carbonyl (C=O) groups excluding carboxylic acids is 2. The van der Waals surface area contributed by atoms with Crippen LogP contribution in [0.3, 0.4) is 0 Å². The number of hydrogen-bond donors (Lipinski definition) is 1. The summed E-state index contributed by atoms with van der Waals surface area (Å²) >= 11 is 0. The molecule has 0 spiro atoms. The Morgan fingerprint density at radius 1 is 0.765 bits per heavy atom. The SMILES string of the molecule is CCN(CC)c1ccc(N2C(=O)C(Nc3cc(C)ccc3C)=C(c3ccc(C)cc3)C2=O)cc1. The molecule has 0 aliphatic carbocycles. The van der Waals surface area contributed by atoms with Gasteiger partial charge < -0.3 is 10.2 Å². The molecule has 34 heavy (non-hydrogen) atoms. The highest BCUT2D eigenvalue weighted by atomic mass is 16.2. The molecule has 0 fully saturated rings. The van der Waals surface area contributed by atoms with Crippen molar-refractivity contribution in [1.29, 1.82) is 0 Å². The molecule has 3 aromatic carbocycles. The molecule has 1 N–H and O–H groups in total. The van der Waals surface area contributed by atoms with Crippen molar-refractivity contribution in [3.05, 3.63) is 94.7 Å². The molecule has 0 saturated heterocycles. The number of hydrogen-bond acceptors (Lipinski definition) is 4. The van der Waals surface area contributed by atoms with E-state index in [1.807, 2.05) is 87.5 Å². The standard InChI is InChI=1S/C29H31N3O2/c1-6-31(7-2)23-14-16-24(17-15-23)32-28(33)26(22-12-9-19(3)10-13-22)27(29(32)34)30-25-18-20(4)8-11-21(25)5/h8-18,30H,6-7H2,1-5H3. The molecule has 3 aromatic rings. The molecule has 0 atom stereocenters. The fourth-order valence-corrected chi connectivity index (χ4v) is 4.27. The zero-order valence-corrected chi connectivity index (χ0v) is 20.5. The van der Waals surface area contributed by atoms with Gasteiger partial charge in [0.05, 0.1) is 11.3 Å². The Labute approximate surface area is 201 Å². The summed E-state index contributed by atoms with van der Waals surface area (Å²) in [7, 11) is 0. The van der Waals surface area contributed by atoms with Crippen LogP contribution >= 0.6 is 0 Å². The Balaban J connectivity index is 1.77. The third-order valence-corrected chi connectivity index (χ3v) is 6.31. The lowest BCUT2D eigenvalue weighted by molar-refractivity contribution is -0.120. The molecule has 0 unspecified atom stereocenters. The van der Waals surface area contributed by atoms with E-state index in [4.69, 9.17) is 0 Å². The Morgan fingerprint density at radius 2 is 1.38 bits per heavy atom. The number of carbonyl (C=O) groups is 2. The predicted octanol–water partition coefficient (Wildman–Crippen LogP) is 5.85. The number of aryl methyl sites for hydroxylation is 3. The second kappa shape index (κ2) is 9.56. The lowest BCUT2D eigenvalue weighted by Gasteiger charge is -2.22. The van der Waals surface area contributed by atoms with Crippen molar-refractivity contribution in [2.75, 3.05) is 28.2 Å². The first-order chi connectivity index (χ1) is 16.3. The Kier molecular flexibility index (Phi) is 6.55. The van der Waals surface area contributed by atoms with Gasteiger partial charge in [-0.15, -0.1) is 0 Å². The second-order valence-electron chi connectivity index (χ2n) is 8.69. The molecule has 174 valence electrons. The van der Waals surface area contributed by atoms with Gasteiger partial charge in [0.15, 0.2) is 0 Å². The van der Waals surface area contributed by atoms with Crippen LogP contribution in [0.2, 0.25) is 0 Å². The van der Waals surface area contributed by atoms with Crippen LogP contribution in [0.4, 0.5) is 17.1 Å². The summed E-state index contributed by atoms with van der Waals surface area (Å²) in [6.07, 6.45) is 0. The summed E-state index contributed by atoms with van der Waals surface area (Å²) in [5, 5.41) is 3.30. The van der Waals surface area contributed by atoms with Gasteiger partial charge in [0.2, 0.25) is 0 Å². The van der Waals surface area contributed by atoms with E-state index < -0.39 is 0 Å². The summed E-state index contributed by atoms with van der Waals surface area (Å²) in [5.74, 6) is -0.672. The van der Waals surface area contributed by atoms with Gasteiger partial charge in [-0.3, -0.25) is 9.59 Å². The third kappa shape index (κ3) is 4.34. The first kappa shape index (κ1) is 23.3. The highest BCUT2D eigenvalue weighted by Gasteiger charge is 2.40. The van der Waals surface area contributed by atoms with Gasteiger partial charge in [0, 0.05) is 24.5 Å². The summed E-state index contributed by atoms with van der Waals surface area (Å²) < 4.78 is 0. The zero-order valence-electron chi connectivity index (χ0n) is 20.5. The Hall–Kier alpha value is -3.86. The number of benzene rings is 3. The van der Waals surface area contributed by atoms with E-state index in [0.717, 1.165) is 46.7 Å². The van der Waals surface area contributed by atoms with Crippen LogP contribution in [0.5, 0.6) is 0 Å². The molecule has 2 amide bonds. The lowest BCUT2D eigenvalue weighted by Crippen LogP contribution is -2.32. The molecule has 0 aromatic heterocycles. The average molecular weight is 454 g/mol. The van der Waals surface area contributed by atoms with E-state index in [-0.39, 0.29) is 11.8 Å². The number of nitrogens with one attached hydrogen (secondary N) is 1. The normalized spacial score (nSPS) is 13.6. The van der Waals surface area contributed by atoms with Crippen LogP contribution < -0.4 is 15.1 Å². The topological polar surface area (TPSA) is 52.6 Å². The number of amides is 2. The summed E-state index contributed by atoms with van der Waals surface area (Å²) in [6.45, 7) is 12.0. The molecular weight excluding hydrogens is 422 g/mol. The molecule has 0 bridgehead atoms. The molecule has 4 rings (SSSR count). The van der Waals surface area contributed by atoms with Crippen molar-refractivity contribution in [3.63, 3.8) is 0 Å². The summed E-state index contributed by atoms with van der Waals surface area (Å²) in [4.78, 5) is 30.9. The highest BCUT2D eigenvalue weighted by molar-refractivity contribution is 6.46. The Morgan fingerprint density at radius 3 is 2.00 bits per heavy atom. The first-order valence-electron chi connectivity index (χ1n) is 11.7. The summed E-state index contributed by atoms with van der Waals surface area (Å²) in [5.41, 5.74) is 7.03. The monoisotopic (exact) mass is 453 g/mol. The number of nitrogens with zero attached hydrogens (tertiary/aromatic N) is 2. The van der Waals surface area contributed by atoms with E-state index in [1.54, 1.807) is 0 Å². The molecular formula is C29H31N3O2. The van der Waals surface area contributed by atoms with E-state index in [0.29, 0.717) is 17.0 Å². The van der Waals surface area contributed by atoms with Crippen molar-refractivity contribution in [2.24, 2.45) is 0 Å². The third-order valence-electron chi connectivity index (χ3n) is 6.31. The minimum Gasteiger partial charge on any atom is -0.372 e. The van der Waals surface area contributed by atoms with Crippen LogP contribution in [0, 0.1) is 20.8 Å². The molecule has 0 saturated carbocycles. The maximum Gasteiger partial charge on any atom is 0.282 e. The van der Waals surface area contributed by atoms with E-state index >= 15 is 0 Å². The fraction of sp³-hybridized carbons (Fsp3) is 0.241. The maximum atomic E-state index is 13.7. The largest absolute Gasteiger partial charge is 0.372 e. The van der Waals surface area contributed by atoms with Gasteiger partial charge in [0.25, 0.3) is 11.8 Å². The molecule has 0 radical (unpaired) electrons. The minimum atomic E-state index is -0.350. The zero-order chi connectivity index (χ0) is 24.4. The van der Waals surface area contributed by atoms with E-state index in [1.165, 1.54) is 4.90 Å². The van der Waals surface area contributed by atoms with Crippen molar-refractivity contribution >= 4 is 34.4 Å². The first-order valence-corrected chi connectivity index (χ1v) is 11.7. The van der Waals surface area contributed by atoms with Crippen LogP contribution in [0.1, 0.15) is 36.1 Å². The van der Waals surface area contributed by atoms with Gasteiger partial charge in [-0.05, 0) is 81.6 Å². The van der Waals surface area contributed by atoms with Crippen molar-refractivity contribution in [3.8, 4) is 0 Å². The van der Waals surface area contributed by atoms with Crippen LogP contribution in [0.25, 0.3) is 5.57 Å². The van der Waals surface area contributed by atoms with Crippen LogP contribution in [-0.2, 0) is 9.59 Å². The number of imide groups is 1. The van der Waals surface area contributed by atoms with Crippen molar-refractivity contribution < 1.29 is 9.59 Å². The van der Waals surface area contributed by atoms with E-state index in [9.17, 15) is 9.59 Å². The fourth-order valence-electron chi connectivity index (χ4n) is 4.27. The second-order valence-corrected chi connectivity index (χ2v) is 8.69. The smallest absolute Gasteiger partial charge is 0.282 e. The molecule has 1 heterocycles. The lowest BCUT2D eigenvalue weighted by atomic mass is 10.0. The number of anilines is 3. The van der Waals surface area contributed by atoms with Gasteiger partial charge in [-0.1, -0.05) is 42.0 Å². The van der Waals surface area contributed by atoms with Gasteiger partial charge >= 0.3 is 0 Å². The predicted molar refractivity (Wildman–Crippen MR) is 140 cm³/mol. The summed E-state index contributed by atoms with van der Waals surface area (Å²) in [6, 6.07) is 21.4.